The predicted octanol–water partition coefficient (Wildman–Crippen LogP) is 4.32. The molecule has 0 spiro atoms. The Hall–Kier alpha value is -2.47. The van der Waals surface area contributed by atoms with E-state index in [4.69, 9.17) is 4.74 Å². The van der Waals surface area contributed by atoms with E-state index in [1.807, 2.05) is 26.0 Å². The van der Waals surface area contributed by atoms with Crippen molar-refractivity contribution in [2.45, 2.75) is 37.7 Å². The highest BCUT2D eigenvalue weighted by Crippen LogP contribution is 2.39. The summed E-state index contributed by atoms with van der Waals surface area (Å²) in [5.74, 6) is 0.116. The van der Waals surface area contributed by atoms with Gasteiger partial charge in [0.1, 0.15) is 18.2 Å². The summed E-state index contributed by atoms with van der Waals surface area (Å²) in [5, 5.41) is 11.9. The van der Waals surface area contributed by atoms with Crippen molar-refractivity contribution in [2.24, 2.45) is 0 Å². The first kappa shape index (κ1) is 19.3. The average Bonchev–Trinajstić information content (AvgIpc) is 3.03. The van der Waals surface area contributed by atoms with Crippen molar-refractivity contribution in [3.8, 4) is 5.75 Å². The van der Waals surface area contributed by atoms with Crippen LogP contribution in [0.4, 0.5) is 8.78 Å². The first-order valence-corrected chi connectivity index (χ1v) is 8.80. The molecule has 1 atom stereocenters. The Kier molecular flexibility index (Phi) is 5.20. The average molecular weight is 374 g/mol. The smallest absolute Gasteiger partial charge is 0.123 e. The molecule has 1 aromatic carbocycles. The van der Waals surface area contributed by atoms with E-state index in [9.17, 15) is 13.9 Å². The second-order valence-electron chi connectivity index (χ2n) is 7.70. The van der Waals surface area contributed by atoms with Gasteiger partial charge < -0.3 is 14.8 Å². The quantitative estimate of drug-likeness (QED) is 0.647. The summed E-state index contributed by atoms with van der Waals surface area (Å²) in [4.78, 5) is 7.25. The van der Waals surface area contributed by atoms with E-state index in [-0.39, 0.29) is 12.8 Å². The van der Waals surface area contributed by atoms with Crippen molar-refractivity contribution in [3.63, 3.8) is 0 Å². The highest BCUT2D eigenvalue weighted by Gasteiger charge is 2.38. The Morgan fingerprint density at radius 3 is 2.67 bits per heavy atom. The number of aromatic amines is 1. The second-order valence-corrected chi connectivity index (χ2v) is 7.70. The lowest BCUT2D eigenvalue weighted by molar-refractivity contribution is -0.00949. The van der Waals surface area contributed by atoms with E-state index >= 15 is 0 Å². The molecular weight excluding hydrogens is 350 g/mol. The number of alkyl halides is 1. The maximum absolute atomic E-state index is 13.9. The number of nitrogens with one attached hydrogen (secondary N) is 1. The number of fused-ring (bicyclic) bond motifs is 1. The molecule has 3 aromatic rings. The van der Waals surface area contributed by atoms with E-state index in [1.165, 1.54) is 19.2 Å². The molecule has 2 heterocycles. The fourth-order valence-corrected chi connectivity index (χ4v) is 3.77. The third-order valence-corrected chi connectivity index (χ3v) is 4.91. The van der Waals surface area contributed by atoms with Crippen molar-refractivity contribution in [2.75, 3.05) is 13.8 Å². The number of rotatable bonds is 7. The third-order valence-electron chi connectivity index (χ3n) is 4.91. The highest BCUT2D eigenvalue weighted by atomic mass is 19.1. The van der Waals surface area contributed by atoms with Gasteiger partial charge in [-0.3, -0.25) is 4.98 Å². The maximum atomic E-state index is 13.9. The van der Waals surface area contributed by atoms with Crippen molar-refractivity contribution in [1.29, 1.82) is 0 Å². The standard InChI is InChI=1S/C21H24F2N2O2/c1-20(2,17-9-15(23)4-5-19(17)27-3)12-21(26,13-22)10-16-8-14-11-24-7-6-18(14)25-16/h4-9,11,25-26H,10,12-13H2,1-3H3. The summed E-state index contributed by atoms with van der Waals surface area (Å²) >= 11 is 0. The van der Waals surface area contributed by atoms with Gasteiger partial charge in [-0.25, -0.2) is 8.78 Å². The van der Waals surface area contributed by atoms with Crippen LogP contribution in [0.15, 0.2) is 42.7 Å². The number of benzene rings is 1. The summed E-state index contributed by atoms with van der Waals surface area (Å²) in [6.45, 7) is 2.78. The number of aromatic nitrogens is 2. The fraction of sp³-hybridized carbons (Fsp3) is 0.381. The number of hydrogen-bond acceptors (Lipinski definition) is 3. The van der Waals surface area contributed by atoms with E-state index in [1.54, 1.807) is 18.5 Å². The van der Waals surface area contributed by atoms with Gasteiger partial charge in [0, 0.05) is 41.0 Å². The highest BCUT2D eigenvalue weighted by molar-refractivity contribution is 5.79. The zero-order valence-corrected chi connectivity index (χ0v) is 15.7. The SMILES string of the molecule is COc1ccc(F)cc1C(C)(C)CC(O)(CF)Cc1cc2cnccc2[nH]1. The van der Waals surface area contributed by atoms with Crippen molar-refractivity contribution >= 4 is 10.9 Å². The van der Waals surface area contributed by atoms with Crippen LogP contribution in [-0.4, -0.2) is 34.5 Å². The van der Waals surface area contributed by atoms with Gasteiger partial charge in [0.2, 0.25) is 0 Å². The first-order valence-electron chi connectivity index (χ1n) is 8.80. The summed E-state index contributed by atoms with van der Waals surface area (Å²) in [6.07, 6.45) is 3.60. The number of H-pyrrole nitrogens is 1. The Balaban J connectivity index is 1.88. The molecule has 0 fully saturated rings. The van der Waals surface area contributed by atoms with Crippen LogP contribution in [-0.2, 0) is 11.8 Å². The number of aliphatic hydroxyl groups is 1. The molecule has 3 rings (SSSR count). The summed E-state index contributed by atoms with van der Waals surface area (Å²) in [5.41, 5.74) is -0.109. The number of ether oxygens (including phenoxy) is 1. The van der Waals surface area contributed by atoms with Crippen LogP contribution >= 0.6 is 0 Å². The van der Waals surface area contributed by atoms with Gasteiger partial charge >= 0.3 is 0 Å². The molecule has 0 saturated heterocycles. The third kappa shape index (κ3) is 4.11. The number of halogens is 2. The minimum Gasteiger partial charge on any atom is -0.496 e. The second kappa shape index (κ2) is 7.27. The van der Waals surface area contributed by atoms with Crippen LogP contribution in [0.2, 0.25) is 0 Å². The molecule has 0 aliphatic heterocycles. The molecule has 4 nitrogen and oxygen atoms in total. The van der Waals surface area contributed by atoms with Gasteiger partial charge in [0.15, 0.2) is 0 Å². The zero-order valence-electron chi connectivity index (χ0n) is 15.7. The molecule has 0 radical (unpaired) electrons. The van der Waals surface area contributed by atoms with E-state index < -0.39 is 23.5 Å². The summed E-state index contributed by atoms with van der Waals surface area (Å²) in [7, 11) is 1.51. The van der Waals surface area contributed by atoms with Crippen molar-refractivity contribution < 1.29 is 18.6 Å². The molecule has 0 amide bonds. The monoisotopic (exact) mass is 374 g/mol. The molecule has 2 aromatic heterocycles. The molecular formula is C21H24F2N2O2. The number of hydrogen-bond donors (Lipinski definition) is 2. The van der Waals surface area contributed by atoms with E-state index in [0.717, 1.165) is 16.6 Å². The lowest BCUT2D eigenvalue weighted by Crippen LogP contribution is -2.41. The first-order chi connectivity index (χ1) is 12.8. The van der Waals surface area contributed by atoms with Crippen LogP contribution < -0.4 is 4.74 Å². The van der Waals surface area contributed by atoms with Crippen LogP contribution in [0.5, 0.6) is 5.75 Å². The number of nitrogens with zero attached hydrogens (tertiary/aromatic N) is 1. The predicted molar refractivity (Wildman–Crippen MR) is 101 cm³/mol. The fourth-order valence-electron chi connectivity index (χ4n) is 3.77. The van der Waals surface area contributed by atoms with Crippen LogP contribution in [0, 0.1) is 5.82 Å². The van der Waals surface area contributed by atoms with Crippen LogP contribution in [0.1, 0.15) is 31.5 Å². The molecule has 6 heteroatoms. The minimum absolute atomic E-state index is 0.101. The normalized spacial score (nSPS) is 14.3. The Bertz CT molecular complexity index is 906. The summed E-state index contributed by atoms with van der Waals surface area (Å²) < 4.78 is 33.0. The Morgan fingerprint density at radius 2 is 2.00 bits per heavy atom. The maximum Gasteiger partial charge on any atom is 0.123 e. The van der Waals surface area contributed by atoms with Crippen molar-refractivity contribution in [3.05, 3.63) is 59.8 Å². The Labute approximate surface area is 157 Å². The van der Waals surface area contributed by atoms with Crippen molar-refractivity contribution in [1.82, 2.24) is 9.97 Å². The molecule has 2 N–H and O–H groups in total. The number of pyridine rings is 1. The lowest BCUT2D eigenvalue weighted by Gasteiger charge is -2.35. The van der Waals surface area contributed by atoms with Crippen LogP contribution in [0.25, 0.3) is 10.9 Å². The molecule has 27 heavy (non-hydrogen) atoms. The van der Waals surface area contributed by atoms with Gasteiger partial charge in [-0.15, -0.1) is 0 Å². The summed E-state index contributed by atoms with van der Waals surface area (Å²) in [6, 6.07) is 7.93. The molecule has 1 unspecified atom stereocenters. The number of methoxy groups -OCH3 is 1. The lowest BCUT2D eigenvalue weighted by atomic mass is 9.74. The Morgan fingerprint density at radius 1 is 1.22 bits per heavy atom. The molecule has 0 bridgehead atoms. The van der Waals surface area contributed by atoms with Gasteiger partial charge in [-0.2, -0.15) is 0 Å². The topological polar surface area (TPSA) is 58.1 Å². The minimum atomic E-state index is -1.60. The molecule has 0 aliphatic carbocycles. The van der Waals surface area contributed by atoms with E-state index in [0.29, 0.717) is 11.3 Å². The van der Waals surface area contributed by atoms with Gasteiger partial charge in [0.05, 0.1) is 12.7 Å². The van der Waals surface area contributed by atoms with E-state index in [2.05, 4.69) is 9.97 Å². The van der Waals surface area contributed by atoms with Gasteiger partial charge in [-0.05, 0) is 42.2 Å². The molecule has 0 aliphatic rings. The largest absolute Gasteiger partial charge is 0.496 e. The molecule has 0 saturated carbocycles. The van der Waals surface area contributed by atoms with Gasteiger partial charge in [-0.1, -0.05) is 13.8 Å². The van der Waals surface area contributed by atoms with Gasteiger partial charge in [0.25, 0.3) is 0 Å². The van der Waals surface area contributed by atoms with Crippen LogP contribution in [0.3, 0.4) is 0 Å². The molecule has 144 valence electrons. The zero-order chi connectivity index (χ0) is 19.7.